The van der Waals surface area contributed by atoms with Gasteiger partial charge in [-0.1, -0.05) is 33.1 Å². The van der Waals surface area contributed by atoms with Gasteiger partial charge in [0.15, 0.2) is 0 Å². The molecule has 0 amide bonds. The van der Waals surface area contributed by atoms with Gasteiger partial charge in [0, 0.05) is 13.1 Å². The van der Waals surface area contributed by atoms with Gasteiger partial charge < -0.3 is 0 Å². The minimum Gasteiger partial charge on any atom is -0.290 e. The molecule has 1 atom stereocenters. The Morgan fingerprint density at radius 1 is 1.07 bits per heavy atom. The summed E-state index contributed by atoms with van der Waals surface area (Å²) in [6, 6.07) is 0. The Labute approximate surface area is 89.3 Å². The van der Waals surface area contributed by atoms with E-state index in [4.69, 9.17) is 0 Å². The van der Waals surface area contributed by atoms with Crippen molar-refractivity contribution in [1.82, 2.24) is 9.80 Å². The van der Waals surface area contributed by atoms with Gasteiger partial charge >= 0.3 is 0 Å². The second-order valence-corrected chi connectivity index (χ2v) is 4.49. The highest BCUT2D eigenvalue weighted by Crippen LogP contribution is 2.18. The Morgan fingerprint density at radius 3 is 2.43 bits per heavy atom. The molecule has 0 saturated carbocycles. The normalized spacial score (nSPS) is 24.6. The predicted octanol–water partition coefficient (Wildman–Crippen LogP) is 2.55. The lowest BCUT2D eigenvalue weighted by Gasteiger charge is -2.27. The molecule has 2 heteroatoms. The third-order valence-corrected chi connectivity index (χ3v) is 3.28. The van der Waals surface area contributed by atoms with Crippen molar-refractivity contribution in [2.75, 3.05) is 26.7 Å². The van der Waals surface area contributed by atoms with E-state index in [1.54, 1.807) is 0 Å². The molecule has 0 aromatic heterocycles. The van der Waals surface area contributed by atoms with Crippen LogP contribution in [0.5, 0.6) is 0 Å². The van der Waals surface area contributed by atoms with Crippen LogP contribution in [0.25, 0.3) is 0 Å². The van der Waals surface area contributed by atoms with Crippen molar-refractivity contribution in [2.24, 2.45) is 0 Å². The maximum Gasteiger partial charge on any atom is 0.0620 e. The lowest BCUT2D eigenvalue weighted by atomic mass is 10.2. The molecule has 0 aliphatic carbocycles. The lowest BCUT2D eigenvalue weighted by Crippen LogP contribution is -2.37. The molecule has 0 aromatic rings. The zero-order chi connectivity index (χ0) is 10.4. The van der Waals surface area contributed by atoms with Crippen LogP contribution in [-0.4, -0.2) is 42.6 Å². The van der Waals surface area contributed by atoms with E-state index in [1.807, 2.05) is 0 Å². The van der Waals surface area contributed by atoms with E-state index in [-0.39, 0.29) is 0 Å². The highest BCUT2D eigenvalue weighted by molar-refractivity contribution is 4.79. The first-order valence-corrected chi connectivity index (χ1v) is 6.23. The largest absolute Gasteiger partial charge is 0.290 e. The molecule has 1 heterocycles. The van der Waals surface area contributed by atoms with Crippen molar-refractivity contribution in [2.45, 2.75) is 52.1 Å². The summed E-state index contributed by atoms with van der Waals surface area (Å²) < 4.78 is 0. The number of nitrogens with zero attached hydrogens (tertiary/aromatic N) is 2. The average molecular weight is 198 g/mol. The van der Waals surface area contributed by atoms with Crippen molar-refractivity contribution in [3.8, 4) is 0 Å². The molecule has 1 rings (SSSR count). The summed E-state index contributed by atoms with van der Waals surface area (Å²) in [6.45, 7) is 8.41. The number of likely N-dealkylation sites (N-methyl/N-ethyl adjacent to an activating group) is 1. The maximum atomic E-state index is 2.67. The van der Waals surface area contributed by atoms with Crippen LogP contribution in [-0.2, 0) is 0 Å². The van der Waals surface area contributed by atoms with Crippen molar-refractivity contribution in [3.05, 3.63) is 0 Å². The summed E-state index contributed by atoms with van der Waals surface area (Å²) >= 11 is 0. The zero-order valence-corrected chi connectivity index (χ0v) is 10.1. The van der Waals surface area contributed by atoms with Crippen molar-refractivity contribution < 1.29 is 0 Å². The fourth-order valence-corrected chi connectivity index (χ4v) is 2.27. The van der Waals surface area contributed by atoms with Crippen LogP contribution in [0.4, 0.5) is 0 Å². The van der Waals surface area contributed by atoms with E-state index in [2.05, 4.69) is 30.7 Å². The molecule has 84 valence electrons. The lowest BCUT2D eigenvalue weighted by molar-refractivity contribution is 0.144. The van der Waals surface area contributed by atoms with Crippen molar-refractivity contribution in [1.29, 1.82) is 0 Å². The fourth-order valence-electron chi connectivity index (χ4n) is 2.27. The minimum absolute atomic E-state index is 0.737. The first kappa shape index (κ1) is 12.0. The smallest absolute Gasteiger partial charge is 0.0620 e. The van der Waals surface area contributed by atoms with Crippen LogP contribution in [0.15, 0.2) is 0 Å². The van der Waals surface area contributed by atoms with E-state index in [0.717, 1.165) is 6.17 Å². The van der Waals surface area contributed by atoms with Gasteiger partial charge in [0.25, 0.3) is 0 Å². The van der Waals surface area contributed by atoms with E-state index in [0.29, 0.717) is 0 Å². The van der Waals surface area contributed by atoms with Gasteiger partial charge in [-0.2, -0.15) is 0 Å². The second kappa shape index (κ2) is 6.41. The van der Waals surface area contributed by atoms with Crippen molar-refractivity contribution >= 4 is 0 Å². The molecule has 2 nitrogen and oxygen atoms in total. The van der Waals surface area contributed by atoms with Gasteiger partial charge in [-0.3, -0.25) is 9.80 Å². The topological polar surface area (TPSA) is 6.48 Å². The SMILES string of the molecule is CCCCC1N(C)CCN1CCCC. The van der Waals surface area contributed by atoms with E-state index in [9.17, 15) is 0 Å². The molecular formula is C12H26N2. The standard InChI is InChI=1S/C12H26N2/c1-4-6-8-12-13(3)10-11-14(12)9-7-5-2/h12H,4-11H2,1-3H3. The van der Waals surface area contributed by atoms with Gasteiger partial charge in [-0.25, -0.2) is 0 Å². The van der Waals surface area contributed by atoms with Crippen LogP contribution in [0.1, 0.15) is 46.0 Å². The van der Waals surface area contributed by atoms with Crippen LogP contribution in [0, 0.1) is 0 Å². The molecule has 14 heavy (non-hydrogen) atoms. The van der Waals surface area contributed by atoms with Crippen molar-refractivity contribution in [3.63, 3.8) is 0 Å². The maximum absolute atomic E-state index is 2.67. The molecule has 0 radical (unpaired) electrons. The molecule has 1 saturated heterocycles. The quantitative estimate of drug-likeness (QED) is 0.647. The van der Waals surface area contributed by atoms with Gasteiger partial charge in [-0.05, 0) is 26.4 Å². The van der Waals surface area contributed by atoms with Crippen LogP contribution in [0.3, 0.4) is 0 Å². The highest BCUT2D eigenvalue weighted by Gasteiger charge is 2.27. The molecule has 0 N–H and O–H groups in total. The molecule has 0 bridgehead atoms. The molecule has 0 spiro atoms. The molecule has 1 unspecified atom stereocenters. The molecule has 1 fully saturated rings. The van der Waals surface area contributed by atoms with Crippen LogP contribution >= 0.6 is 0 Å². The fraction of sp³-hybridized carbons (Fsp3) is 1.00. The predicted molar refractivity (Wildman–Crippen MR) is 62.4 cm³/mol. The number of rotatable bonds is 6. The number of hydrogen-bond acceptors (Lipinski definition) is 2. The zero-order valence-electron chi connectivity index (χ0n) is 10.1. The van der Waals surface area contributed by atoms with Gasteiger partial charge in [0.1, 0.15) is 0 Å². The monoisotopic (exact) mass is 198 g/mol. The molecule has 1 aliphatic heterocycles. The minimum atomic E-state index is 0.737. The summed E-state index contributed by atoms with van der Waals surface area (Å²) in [7, 11) is 2.27. The first-order valence-electron chi connectivity index (χ1n) is 6.23. The Morgan fingerprint density at radius 2 is 1.79 bits per heavy atom. The summed E-state index contributed by atoms with van der Waals surface area (Å²) in [4.78, 5) is 5.18. The van der Waals surface area contributed by atoms with Gasteiger partial charge in [-0.15, -0.1) is 0 Å². The first-order chi connectivity index (χ1) is 6.79. The Hall–Kier alpha value is -0.0800. The molecular weight excluding hydrogens is 172 g/mol. The average Bonchev–Trinajstić information content (AvgIpc) is 2.53. The number of hydrogen-bond donors (Lipinski definition) is 0. The van der Waals surface area contributed by atoms with Gasteiger partial charge in [0.2, 0.25) is 0 Å². The third kappa shape index (κ3) is 3.25. The summed E-state index contributed by atoms with van der Waals surface area (Å²) in [5.41, 5.74) is 0. The summed E-state index contributed by atoms with van der Waals surface area (Å²) in [6.07, 6.45) is 7.47. The Bertz CT molecular complexity index is 147. The second-order valence-electron chi connectivity index (χ2n) is 4.49. The van der Waals surface area contributed by atoms with E-state index in [1.165, 1.54) is 51.7 Å². The Balaban J connectivity index is 2.32. The third-order valence-electron chi connectivity index (χ3n) is 3.28. The summed E-state index contributed by atoms with van der Waals surface area (Å²) in [5, 5.41) is 0. The Kier molecular flexibility index (Phi) is 5.49. The van der Waals surface area contributed by atoms with E-state index < -0.39 is 0 Å². The van der Waals surface area contributed by atoms with Gasteiger partial charge in [0.05, 0.1) is 6.17 Å². The molecule has 0 aromatic carbocycles. The summed E-state index contributed by atoms with van der Waals surface area (Å²) in [5.74, 6) is 0. The number of unbranched alkanes of at least 4 members (excludes halogenated alkanes) is 2. The van der Waals surface area contributed by atoms with Crippen LogP contribution < -0.4 is 0 Å². The van der Waals surface area contributed by atoms with E-state index >= 15 is 0 Å². The molecule has 1 aliphatic rings. The highest BCUT2D eigenvalue weighted by atomic mass is 15.4. The van der Waals surface area contributed by atoms with Crippen LogP contribution in [0.2, 0.25) is 0 Å².